The first-order valence-electron chi connectivity index (χ1n) is 7.39. The molecule has 132 valence electrons. The quantitative estimate of drug-likeness (QED) is 0.454. The molecule has 0 bridgehead atoms. The normalized spacial score (nSPS) is 11.0. The van der Waals surface area contributed by atoms with Gasteiger partial charge in [0.1, 0.15) is 5.82 Å². The highest BCUT2D eigenvalue weighted by molar-refractivity contribution is 6.31. The van der Waals surface area contributed by atoms with Gasteiger partial charge in [-0.15, -0.1) is 10.2 Å². The molecule has 26 heavy (non-hydrogen) atoms. The Balaban J connectivity index is 1.57. The summed E-state index contributed by atoms with van der Waals surface area (Å²) in [6.07, 6.45) is 2.65. The summed E-state index contributed by atoms with van der Waals surface area (Å²) in [6, 6.07) is 11.0. The predicted molar refractivity (Wildman–Crippen MR) is 95.0 cm³/mol. The zero-order valence-electron chi connectivity index (χ0n) is 13.2. The lowest BCUT2D eigenvalue weighted by Gasteiger charge is -1.98. The molecule has 0 aliphatic rings. The predicted octanol–water partition coefficient (Wildman–Crippen LogP) is 4.94. The van der Waals surface area contributed by atoms with Crippen molar-refractivity contribution in [2.75, 3.05) is 0 Å². The van der Waals surface area contributed by atoms with E-state index in [0.717, 1.165) is 0 Å². The molecule has 0 saturated heterocycles. The maximum absolute atomic E-state index is 13.1. The second-order valence-corrected chi connectivity index (χ2v) is 5.97. The van der Waals surface area contributed by atoms with Crippen molar-refractivity contribution in [1.29, 1.82) is 0 Å². The van der Waals surface area contributed by atoms with Crippen LogP contribution in [0.25, 0.3) is 17.5 Å². The molecule has 0 aliphatic carbocycles. The summed E-state index contributed by atoms with van der Waals surface area (Å²) in [6.45, 7) is -0.173. The standard InChI is InChI=1S/C18H11Cl2FN2O3/c19-13-5-3-12(4-6-13)18-23-22-16(26-18)10-25-17(24)8-2-11-1-7-15(21)14(20)9-11/h1-9H,10H2/b8-2+. The minimum Gasteiger partial charge on any atom is -0.452 e. The summed E-state index contributed by atoms with van der Waals surface area (Å²) in [5.41, 5.74) is 1.27. The molecule has 0 amide bonds. The number of benzene rings is 2. The molecule has 0 unspecified atom stereocenters. The lowest BCUT2D eigenvalue weighted by atomic mass is 10.2. The molecule has 0 aliphatic heterocycles. The highest BCUT2D eigenvalue weighted by Gasteiger charge is 2.10. The Morgan fingerprint density at radius 3 is 2.65 bits per heavy atom. The third-order valence-corrected chi connectivity index (χ3v) is 3.79. The summed E-state index contributed by atoms with van der Waals surface area (Å²) in [5, 5.41) is 8.27. The van der Waals surface area contributed by atoms with E-state index in [2.05, 4.69) is 10.2 Å². The minimum atomic E-state index is -0.614. The SMILES string of the molecule is O=C(/C=C/c1ccc(F)c(Cl)c1)OCc1nnc(-c2ccc(Cl)cc2)o1. The van der Waals surface area contributed by atoms with Gasteiger partial charge < -0.3 is 9.15 Å². The maximum atomic E-state index is 13.1. The van der Waals surface area contributed by atoms with Gasteiger partial charge in [-0.2, -0.15) is 0 Å². The molecule has 1 aromatic heterocycles. The van der Waals surface area contributed by atoms with Gasteiger partial charge in [-0.05, 0) is 48.0 Å². The van der Waals surface area contributed by atoms with Crippen LogP contribution >= 0.6 is 23.2 Å². The van der Waals surface area contributed by atoms with Crippen molar-refractivity contribution in [2.45, 2.75) is 6.61 Å². The van der Waals surface area contributed by atoms with Crippen LogP contribution in [0.1, 0.15) is 11.5 Å². The summed E-state index contributed by atoms with van der Waals surface area (Å²) < 4.78 is 23.5. The van der Waals surface area contributed by atoms with Crippen LogP contribution < -0.4 is 0 Å². The monoisotopic (exact) mass is 392 g/mol. The average Bonchev–Trinajstić information content (AvgIpc) is 3.10. The summed E-state index contributed by atoms with van der Waals surface area (Å²) in [5.74, 6) is -0.693. The van der Waals surface area contributed by atoms with E-state index in [1.54, 1.807) is 24.3 Å². The van der Waals surface area contributed by atoms with Crippen molar-refractivity contribution < 1.29 is 18.3 Å². The summed E-state index contributed by atoms with van der Waals surface area (Å²) >= 11 is 11.5. The van der Waals surface area contributed by atoms with Crippen molar-refractivity contribution >= 4 is 35.2 Å². The maximum Gasteiger partial charge on any atom is 0.331 e. The van der Waals surface area contributed by atoms with Crippen molar-refractivity contribution in [2.24, 2.45) is 0 Å². The second kappa shape index (κ2) is 8.12. The highest BCUT2D eigenvalue weighted by Crippen LogP contribution is 2.20. The first kappa shape index (κ1) is 18.1. The average molecular weight is 393 g/mol. The number of rotatable bonds is 5. The van der Waals surface area contributed by atoms with Crippen LogP contribution in [-0.4, -0.2) is 16.2 Å². The topological polar surface area (TPSA) is 65.2 Å². The summed E-state index contributed by atoms with van der Waals surface area (Å²) in [7, 11) is 0. The number of hydrogen-bond donors (Lipinski definition) is 0. The van der Waals surface area contributed by atoms with E-state index in [-0.39, 0.29) is 17.5 Å². The van der Waals surface area contributed by atoms with Crippen LogP contribution in [0.2, 0.25) is 10.0 Å². The lowest BCUT2D eigenvalue weighted by Crippen LogP contribution is -2.00. The number of carbonyl (C=O) groups is 1. The van der Waals surface area contributed by atoms with Gasteiger partial charge in [0, 0.05) is 16.7 Å². The number of halogens is 3. The number of aromatic nitrogens is 2. The van der Waals surface area contributed by atoms with Crippen LogP contribution in [0.4, 0.5) is 4.39 Å². The molecule has 3 rings (SSSR count). The zero-order valence-corrected chi connectivity index (χ0v) is 14.7. The third-order valence-electron chi connectivity index (χ3n) is 3.25. The van der Waals surface area contributed by atoms with Crippen LogP contribution in [0.15, 0.2) is 53.0 Å². The molecule has 0 fully saturated rings. The Morgan fingerprint density at radius 1 is 1.15 bits per heavy atom. The Labute approximate surface area is 158 Å². The van der Waals surface area contributed by atoms with E-state index in [1.807, 2.05) is 0 Å². The van der Waals surface area contributed by atoms with Crippen LogP contribution in [-0.2, 0) is 16.1 Å². The van der Waals surface area contributed by atoms with E-state index in [4.69, 9.17) is 32.4 Å². The smallest absolute Gasteiger partial charge is 0.331 e. The van der Waals surface area contributed by atoms with Gasteiger partial charge in [0.25, 0.3) is 5.89 Å². The molecule has 2 aromatic carbocycles. The Bertz CT molecular complexity index is 955. The van der Waals surface area contributed by atoms with Crippen LogP contribution in [0.3, 0.4) is 0 Å². The number of nitrogens with zero attached hydrogens (tertiary/aromatic N) is 2. The van der Waals surface area contributed by atoms with E-state index in [1.165, 1.54) is 30.4 Å². The number of hydrogen-bond acceptors (Lipinski definition) is 5. The molecular weight excluding hydrogens is 382 g/mol. The molecule has 0 spiro atoms. The molecule has 5 nitrogen and oxygen atoms in total. The van der Waals surface area contributed by atoms with Gasteiger partial charge in [0.15, 0.2) is 6.61 Å². The molecule has 1 heterocycles. The summed E-state index contributed by atoms with van der Waals surface area (Å²) in [4.78, 5) is 11.7. The Morgan fingerprint density at radius 2 is 1.92 bits per heavy atom. The fourth-order valence-electron chi connectivity index (χ4n) is 1.98. The van der Waals surface area contributed by atoms with E-state index >= 15 is 0 Å². The van der Waals surface area contributed by atoms with Gasteiger partial charge in [0.2, 0.25) is 5.89 Å². The molecular formula is C18H11Cl2FN2O3. The molecule has 8 heteroatoms. The van der Waals surface area contributed by atoms with Gasteiger partial charge in [-0.1, -0.05) is 29.3 Å². The molecule has 3 aromatic rings. The van der Waals surface area contributed by atoms with Gasteiger partial charge in [-0.25, -0.2) is 9.18 Å². The number of esters is 1. The zero-order chi connectivity index (χ0) is 18.5. The first-order chi connectivity index (χ1) is 12.5. The van der Waals surface area contributed by atoms with Crippen molar-refractivity contribution in [1.82, 2.24) is 10.2 Å². The third kappa shape index (κ3) is 4.68. The van der Waals surface area contributed by atoms with Crippen molar-refractivity contribution in [3.8, 4) is 11.5 Å². The van der Waals surface area contributed by atoms with Gasteiger partial charge in [-0.3, -0.25) is 0 Å². The fraction of sp³-hybridized carbons (Fsp3) is 0.0556. The number of ether oxygens (including phenoxy) is 1. The fourth-order valence-corrected chi connectivity index (χ4v) is 2.30. The first-order valence-corrected chi connectivity index (χ1v) is 8.15. The number of carbonyl (C=O) groups excluding carboxylic acids is 1. The van der Waals surface area contributed by atoms with E-state index in [0.29, 0.717) is 22.0 Å². The minimum absolute atomic E-state index is 0.0268. The Kier molecular flexibility index (Phi) is 5.65. The molecule has 0 N–H and O–H groups in total. The van der Waals surface area contributed by atoms with Crippen molar-refractivity contribution in [3.63, 3.8) is 0 Å². The van der Waals surface area contributed by atoms with Gasteiger partial charge >= 0.3 is 5.97 Å². The second-order valence-electron chi connectivity index (χ2n) is 5.12. The Hall–Kier alpha value is -2.70. The van der Waals surface area contributed by atoms with Crippen LogP contribution in [0, 0.1) is 5.82 Å². The van der Waals surface area contributed by atoms with E-state index < -0.39 is 11.8 Å². The highest BCUT2D eigenvalue weighted by atomic mass is 35.5. The molecule has 0 radical (unpaired) electrons. The molecule has 0 atom stereocenters. The van der Waals surface area contributed by atoms with Crippen molar-refractivity contribution in [3.05, 3.63) is 75.9 Å². The van der Waals surface area contributed by atoms with Crippen LogP contribution in [0.5, 0.6) is 0 Å². The molecule has 0 saturated carbocycles. The lowest BCUT2D eigenvalue weighted by molar-refractivity contribution is -0.139. The van der Waals surface area contributed by atoms with Gasteiger partial charge in [0.05, 0.1) is 5.02 Å². The van der Waals surface area contributed by atoms with E-state index in [9.17, 15) is 9.18 Å². The largest absolute Gasteiger partial charge is 0.452 e.